The Kier molecular flexibility index (Phi) is 27.1. The van der Waals surface area contributed by atoms with Crippen molar-refractivity contribution in [3.8, 4) is 5.75 Å². The van der Waals surface area contributed by atoms with Gasteiger partial charge in [0.05, 0.1) is 26.4 Å². The first-order valence-electron chi connectivity index (χ1n) is 16.8. The molecule has 9 heteroatoms. The first-order valence-corrected chi connectivity index (χ1v) is 18.3. The maximum atomic E-state index is 12.7. The van der Waals surface area contributed by atoms with E-state index in [0.717, 1.165) is 44.3 Å². The van der Waals surface area contributed by atoms with E-state index in [-0.39, 0.29) is 26.2 Å². The molecule has 0 saturated carbocycles. The summed E-state index contributed by atoms with van der Waals surface area (Å²) < 4.78 is 45.3. The molecule has 1 rings (SSSR count). The topological polar surface area (TPSA) is 89.5 Å². The molecule has 262 valence electrons. The van der Waals surface area contributed by atoms with Crippen molar-refractivity contribution in [3.05, 3.63) is 103 Å². The van der Waals surface area contributed by atoms with Crippen molar-refractivity contribution in [3.63, 3.8) is 0 Å². The molecule has 0 N–H and O–H groups in total. The Hall–Kier alpha value is -3.00. The van der Waals surface area contributed by atoms with E-state index < -0.39 is 19.9 Å². The number of benzene rings is 1. The van der Waals surface area contributed by atoms with E-state index in [9.17, 15) is 9.36 Å². The summed E-state index contributed by atoms with van der Waals surface area (Å²) in [6.07, 6.45) is 32.7. The number of carbonyl (C=O) groups is 1. The van der Waals surface area contributed by atoms with Crippen LogP contribution in [0, 0.1) is 0 Å². The maximum absolute atomic E-state index is 12.7. The van der Waals surface area contributed by atoms with Crippen molar-refractivity contribution in [2.75, 3.05) is 40.1 Å². The molecule has 2 atom stereocenters. The van der Waals surface area contributed by atoms with Gasteiger partial charge in [0.15, 0.2) is 0 Å². The summed E-state index contributed by atoms with van der Waals surface area (Å²) in [5.41, 5.74) is 0. The van der Waals surface area contributed by atoms with Crippen LogP contribution in [0.4, 0.5) is 0 Å². The van der Waals surface area contributed by atoms with Crippen LogP contribution >= 0.6 is 7.82 Å². The summed E-state index contributed by atoms with van der Waals surface area (Å²) in [7, 11) is -2.49. The average Bonchev–Trinajstić information content (AvgIpc) is 3.09. The second-order valence-corrected chi connectivity index (χ2v) is 12.2. The standard InChI is InChI=1S/C38H57O8P/c1-4-6-7-8-9-10-11-12-13-14-15-16-17-18-19-20-21-22-26-30-38(39)46-37(35-45-47(40,41-3)44-31-5-2)34-42-32-27-33-43-36-28-24-23-25-29-36/h6-7,9-10,12-13,15-16,18-19,21-25,28-29,37H,4-5,8,11,14,17,20,26-27,30-35H2,1-3H3/b7-6-,10-9-,13-12-,16-15-,19-18-,22-21-/t37-,47?/m0/s1. The summed E-state index contributed by atoms with van der Waals surface area (Å²) >= 11 is 0. The lowest BCUT2D eigenvalue weighted by molar-refractivity contribution is -0.154. The largest absolute Gasteiger partial charge is 0.494 e. The minimum atomic E-state index is -3.75. The molecule has 0 aliphatic carbocycles. The zero-order chi connectivity index (χ0) is 34.1. The molecule has 47 heavy (non-hydrogen) atoms. The van der Waals surface area contributed by atoms with E-state index >= 15 is 0 Å². The highest BCUT2D eigenvalue weighted by atomic mass is 31.2. The normalized spacial score (nSPS) is 14.4. The third kappa shape index (κ3) is 25.7. The van der Waals surface area contributed by atoms with Crippen LogP contribution in [0.3, 0.4) is 0 Å². The third-order valence-electron chi connectivity index (χ3n) is 6.25. The van der Waals surface area contributed by atoms with Crippen molar-refractivity contribution < 1.29 is 37.1 Å². The van der Waals surface area contributed by atoms with E-state index in [4.69, 9.17) is 27.8 Å². The van der Waals surface area contributed by atoms with Crippen LogP contribution in [0.1, 0.15) is 78.1 Å². The molecule has 0 spiro atoms. The molecule has 0 amide bonds. The molecule has 0 heterocycles. The van der Waals surface area contributed by atoms with Crippen LogP contribution in [-0.2, 0) is 32.4 Å². The Bertz CT molecular complexity index is 1120. The monoisotopic (exact) mass is 672 g/mol. The highest BCUT2D eigenvalue weighted by Gasteiger charge is 2.27. The van der Waals surface area contributed by atoms with Crippen LogP contribution in [0.15, 0.2) is 103 Å². The molecule has 8 nitrogen and oxygen atoms in total. The van der Waals surface area contributed by atoms with Gasteiger partial charge in [-0.2, -0.15) is 0 Å². The molecule has 0 fully saturated rings. The van der Waals surface area contributed by atoms with Gasteiger partial charge in [0.2, 0.25) is 0 Å². The minimum absolute atomic E-state index is 0.0779. The summed E-state index contributed by atoms with van der Waals surface area (Å²) in [4.78, 5) is 12.5. The maximum Gasteiger partial charge on any atom is 0.474 e. The summed E-state index contributed by atoms with van der Waals surface area (Å²) in [6.45, 7) is 5.03. The molecule has 1 aromatic rings. The lowest BCUT2D eigenvalue weighted by Crippen LogP contribution is -2.28. The predicted molar refractivity (Wildman–Crippen MR) is 192 cm³/mol. The van der Waals surface area contributed by atoms with Gasteiger partial charge in [-0.15, -0.1) is 0 Å². The fourth-order valence-electron chi connectivity index (χ4n) is 3.80. The highest BCUT2D eigenvalue weighted by Crippen LogP contribution is 2.48. The smallest absolute Gasteiger partial charge is 0.474 e. The number of phosphoric ester groups is 1. The predicted octanol–water partition coefficient (Wildman–Crippen LogP) is 10.1. The van der Waals surface area contributed by atoms with Gasteiger partial charge >= 0.3 is 13.8 Å². The Labute approximate surface area is 283 Å². The number of hydrogen-bond donors (Lipinski definition) is 0. The summed E-state index contributed by atoms with van der Waals surface area (Å²) in [6, 6.07) is 9.54. The quantitative estimate of drug-likeness (QED) is 0.0360. The fourth-order valence-corrected chi connectivity index (χ4v) is 4.84. The second-order valence-electron chi connectivity index (χ2n) is 10.4. The Balaban J connectivity index is 2.32. The Morgan fingerprint density at radius 2 is 1.30 bits per heavy atom. The first-order chi connectivity index (χ1) is 23.0. The molecule has 1 unspecified atom stereocenters. The van der Waals surface area contributed by atoms with Crippen LogP contribution in [-0.4, -0.2) is 52.2 Å². The molecule has 0 aliphatic rings. The lowest BCUT2D eigenvalue weighted by Gasteiger charge is -2.21. The van der Waals surface area contributed by atoms with E-state index in [0.29, 0.717) is 32.5 Å². The molecule has 1 aromatic carbocycles. The number of carbonyl (C=O) groups excluding carboxylic acids is 1. The molecule has 0 aromatic heterocycles. The zero-order valence-corrected chi connectivity index (χ0v) is 29.6. The SMILES string of the molecule is CC/C=C\C/C=C\C/C=C\C/C=C\C/C=C\C/C=C\CCC(=O)O[C@@H](COCCCOc1ccccc1)COP(=O)(OC)OCCC. The minimum Gasteiger partial charge on any atom is -0.494 e. The van der Waals surface area contributed by atoms with Gasteiger partial charge in [-0.05, 0) is 63.5 Å². The number of hydrogen-bond acceptors (Lipinski definition) is 8. The zero-order valence-electron chi connectivity index (χ0n) is 28.7. The summed E-state index contributed by atoms with van der Waals surface area (Å²) in [5.74, 6) is 0.401. The van der Waals surface area contributed by atoms with Crippen molar-refractivity contribution in [2.24, 2.45) is 0 Å². The third-order valence-corrected chi connectivity index (χ3v) is 7.67. The van der Waals surface area contributed by atoms with Crippen LogP contribution < -0.4 is 4.74 Å². The van der Waals surface area contributed by atoms with Gasteiger partial charge in [-0.1, -0.05) is 105 Å². The second kappa shape index (κ2) is 30.3. The fraction of sp³-hybridized carbons (Fsp3) is 0.500. The lowest BCUT2D eigenvalue weighted by atomic mass is 10.2. The van der Waals surface area contributed by atoms with Gasteiger partial charge in [0, 0.05) is 26.6 Å². The van der Waals surface area contributed by atoms with Crippen LogP contribution in [0.2, 0.25) is 0 Å². The number of para-hydroxylation sites is 1. The van der Waals surface area contributed by atoms with Crippen molar-refractivity contribution in [2.45, 2.75) is 84.2 Å². The van der Waals surface area contributed by atoms with E-state index in [1.165, 1.54) is 7.11 Å². The van der Waals surface area contributed by atoms with Gasteiger partial charge in [-0.25, -0.2) is 4.57 Å². The number of rotatable bonds is 29. The van der Waals surface area contributed by atoms with E-state index in [1.54, 1.807) is 0 Å². The number of phosphoric acid groups is 1. The number of allylic oxidation sites excluding steroid dienone is 12. The molecule has 0 saturated heterocycles. The van der Waals surface area contributed by atoms with E-state index in [2.05, 4.69) is 67.7 Å². The molecule has 0 radical (unpaired) electrons. The molecular weight excluding hydrogens is 615 g/mol. The van der Waals surface area contributed by atoms with Gasteiger partial charge in [0.1, 0.15) is 11.9 Å². The van der Waals surface area contributed by atoms with Gasteiger partial charge in [0.25, 0.3) is 0 Å². The van der Waals surface area contributed by atoms with Crippen LogP contribution in [0.25, 0.3) is 0 Å². The highest BCUT2D eigenvalue weighted by molar-refractivity contribution is 7.48. The van der Waals surface area contributed by atoms with Crippen molar-refractivity contribution >= 4 is 13.8 Å². The Morgan fingerprint density at radius 3 is 1.85 bits per heavy atom. The molecular formula is C38H57O8P. The van der Waals surface area contributed by atoms with Crippen molar-refractivity contribution in [1.82, 2.24) is 0 Å². The molecule has 0 aliphatic heterocycles. The molecule has 0 bridgehead atoms. The van der Waals surface area contributed by atoms with Crippen molar-refractivity contribution in [1.29, 1.82) is 0 Å². The Morgan fingerprint density at radius 1 is 0.723 bits per heavy atom. The van der Waals surface area contributed by atoms with Gasteiger partial charge in [-0.3, -0.25) is 18.4 Å². The van der Waals surface area contributed by atoms with Gasteiger partial charge < -0.3 is 14.2 Å². The average molecular weight is 673 g/mol. The number of ether oxygens (including phenoxy) is 3. The van der Waals surface area contributed by atoms with Crippen LogP contribution in [0.5, 0.6) is 5.75 Å². The first kappa shape index (κ1) is 42.0. The number of esters is 1. The summed E-state index contributed by atoms with van der Waals surface area (Å²) in [5, 5.41) is 0. The van der Waals surface area contributed by atoms with E-state index in [1.807, 2.05) is 49.4 Å².